The van der Waals surface area contributed by atoms with Crippen LogP contribution in [0.2, 0.25) is 0 Å². The van der Waals surface area contributed by atoms with E-state index in [4.69, 9.17) is 4.74 Å². The van der Waals surface area contributed by atoms with Crippen LogP contribution in [0.25, 0.3) is 0 Å². The standard InChI is InChI=1S/C9H11NO3S/c1-6(11)4-10-9(12)8-3-7(13-2)5-14-8/h3,5H,4H2,1-2H3,(H,10,12). The molecule has 0 aliphatic heterocycles. The lowest BCUT2D eigenvalue weighted by molar-refractivity contribution is -0.116. The number of hydrogen-bond acceptors (Lipinski definition) is 4. The highest BCUT2D eigenvalue weighted by Crippen LogP contribution is 2.20. The summed E-state index contributed by atoms with van der Waals surface area (Å²) in [5.74, 6) is 0.346. The van der Waals surface area contributed by atoms with Crippen molar-refractivity contribution in [3.63, 3.8) is 0 Å². The molecule has 0 atom stereocenters. The van der Waals surface area contributed by atoms with Crippen molar-refractivity contribution < 1.29 is 14.3 Å². The SMILES string of the molecule is COc1csc(C(=O)NCC(C)=O)c1. The Morgan fingerprint density at radius 2 is 2.29 bits per heavy atom. The number of thiophene rings is 1. The van der Waals surface area contributed by atoms with E-state index in [1.165, 1.54) is 18.3 Å². The fraction of sp³-hybridized carbons (Fsp3) is 0.333. The highest BCUT2D eigenvalue weighted by molar-refractivity contribution is 7.12. The lowest BCUT2D eigenvalue weighted by Gasteiger charge is -1.98. The summed E-state index contributed by atoms with van der Waals surface area (Å²) in [6.45, 7) is 1.49. The van der Waals surface area contributed by atoms with Gasteiger partial charge in [0.1, 0.15) is 11.5 Å². The van der Waals surface area contributed by atoms with Crippen LogP contribution in [-0.4, -0.2) is 25.3 Å². The zero-order chi connectivity index (χ0) is 10.6. The van der Waals surface area contributed by atoms with Gasteiger partial charge in [0.2, 0.25) is 0 Å². The molecule has 0 saturated heterocycles. The number of Topliss-reactive ketones (excluding diaryl/α,β-unsaturated/α-hetero) is 1. The maximum absolute atomic E-state index is 11.4. The zero-order valence-corrected chi connectivity index (χ0v) is 8.81. The monoisotopic (exact) mass is 213 g/mol. The van der Waals surface area contributed by atoms with E-state index in [0.717, 1.165) is 0 Å². The van der Waals surface area contributed by atoms with E-state index in [9.17, 15) is 9.59 Å². The van der Waals surface area contributed by atoms with Crippen LogP contribution in [0.15, 0.2) is 11.4 Å². The molecular formula is C9H11NO3S. The summed E-state index contributed by atoms with van der Waals surface area (Å²) >= 11 is 1.29. The summed E-state index contributed by atoms with van der Waals surface area (Å²) in [5.41, 5.74) is 0. The van der Waals surface area contributed by atoms with E-state index in [-0.39, 0.29) is 18.2 Å². The number of rotatable bonds is 4. The summed E-state index contributed by atoms with van der Waals surface area (Å²) in [5, 5.41) is 4.24. The first kappa shape index (κ1) is 10.7. The van der Waals surface area contributed by atoms with Gasteiger partial charge >= 0.3 is 0 Å². The third-order valence-corrected chi connectivity index (χ3v) is 2.44. The Balaban J connectivity index is 2.56. The molecule has 0 spiro atoms. The second-order valence-electron chi connectivity index (χ2n) is 2.74. The highest BCUT2D eigenvalue weighted by atomic mass is 32.1. The summed E-state index contributed by atoms with van der Waals surface area (Å²) in [4.78, 5) is 22.5. The van der Waals surface area contributed by atoms with Gasteiger partial charge in [-0.25, -0.2) is 0 Å². The maximum Gasteiger partial charge on any atom is 0.261 e. The van der Waals surface area contributed by atoms with Crippen LogP contribution in [0, 0.1) is 0 Å². The molecule has 0 radical (unpaired) electrons. The summed E-state index contributed by atoms with van der Waals surface area (Å²) < 4.78 is 4.93. The van der Waals surface area contributed by atoms with Gasteiger partial charge in [-0.3, -0.25) is 9.59 Å². The van der Waals surface area contributed by atoms with E-state index in [1.54, 1.807) is 18.6 Å². The smallest absolute Gasteiger partial charge is 0.261 e. The average Bonchev–Trinajstić information content (AvgIpc) is 2.62. The van der Waals surface area contributed by atoms with Crippen LogP contribution < -0.4 is 10.1 Å². The van der Waals surface area contributed by atoms with Crippen molar-refractivity contribution >= 4 is 23.0 Å². The Morgan fingerprint density at radius 3 is 2.79 bits per heavy atom. The van der Waals surface area contributed by atoms with Crippen LogP contribution in [0.1, 0.15) is 16.6 Å². The minimum atomic E-state index is -0.242. The molecule has 1 N–H and O–H groups in total. The summed E-state index contributed by atoms with van der Waals surface area (Å²) in [7, 11) is 1.54. The van der Waals surface area contributed by atoms with Gasteiger partial charge in [-0.15, -0.1) is 11.3 Å². The minimum absolute atomic E-state index is 0.0677. The average molecular weight is 213 g/mol. The van der Waals surface area contributed by atoms with Gasteiger partial charge in [0.05, 0.1) is 18.5 Å². The normalized spacial score (nSPS) is 9.57. The van der Waals surface area contributed by atoms with Gasteiger partial charge < -0.3 is 10.1 Å². The van der Waals surface area contributed by atoms with Crippen molar-refractivity contribution in [1.29, 1.82) is 0 Å². The zero-order valence-electron chi connectivity index (χ0n) is 7.99. The first-order valence-corrected chi connectivity index (χ1v) is 4.91. The molecule has 1 heterocycles. The number of carbonyl (C=O) groups excluding carboxylic acids is 2. The van der Waals surface area contributed by atoms with E-state index >= 15 is 0 Å². The number of ether oxygens (including phenoxy) is 1. The highest BCUT2D eigenvalue weighted by Gasteiger charge is 2.09. The molecule has 0 fully saturated rings. The number of ketones is 1. The molecule has 0 unspecified atom stereocenters. The van der Waals surface area contributed by atoms with Crippen molar-refractivity contribution in [2.45, 2.75) is 6.92 Å². The lowest BCUT2D eigenvalue weighted by Crippen LogP contribution is -2.27. The molecule has 4 nitrogen and oxygen atoms in total. The fourth-order valence-electron chi connectivity index (χ4n) is 0.837. The van der Waals surface area contributed by atoms with Gasteiger partial charge in [-0.1, -0.05) is 0 Å². The lowest BCUT2D eigenvalue weighted by atomic mass is 10.4. The number of carbonyl (C=O) groups is 2. The van der Waals surface area contributed by atoms with Crippen molar-refractivity contribution in [2.75, 3.05) is 13.7 Å². The molecule has 0 aliphatic rings. The number of amides is 1. The molecule has 0 saturated carbocycles. The quantitative estimate of drug-likeness (QED) is 0.814. The molecule has 76 valence electrons. The Labute approximate surface area is 85.9 Å². The Morgan fingerprint density at radius 1 is 1.57 bits per heavy atom. The molecule has 0 bridgehead atoms. The topological polar surface area (TPSA) is 55.4 Å². The maximum atomic E-state index is 11.4. The molecule has 1 aromatic rings. The fourth-order valence-corrected chi connectivity index (χ4v) is 1.61. The molecule has 1 aromatic heterocycles. The van der Waals surface area contributed by atoms with Crippen LogP contribution >= 0.6 is 11.3 Å². The van der Waals surface area contributed by atoms with Crippen LogP contribution in [0.3, 0.4) is 0 Å². The van der Waals surface area contributed by atoms with Gasteiger partial charge in [-0.05, 0) is 6.92 Å². The van der Waals surface area contributed by atoms with Crippen LogP contribution in [-0.2, 0) is 4.79 Å². The first-order chi connectivity index (χ1) is 6.63. The van der Waals surface area contributed by atoms with E-state index in [2.05, 4.69) is 5.32 Å². The Bertz CT molecular complexity index is 346. The third kappa shape index (κ3) is 2.85. The Hall–Kier alpha value is -1.36. The largest absolute Gasteiger partial charge is 0.496 e. The summed E-state index contributed by atoms with van der Waals surface area (Å²) in [6, 6.07) is 1.64. The molecule has 5 heteroatoms. The van der Waals surface area contributed by atoms with Gasteiger partial charge in [-0.2, -0.15) is 0 Å². The van der Waals surface area contributed by atoms with Crippen molar-refractivity contribution in [3.05, 3.63) is 16.3 Å². The molecule has 0 aromatic carbocycles. The molecular weight excluding hydrogens is 202 g/mol. The summed E-state index contributed by atoms with van der Waals surface area (Å²) in [6.07, 6.45) is 0. The van der Waals surface area contributed by atoms with E-state index in [0.29, 0.717) is 10.6 Å². The van der Waals surface area contributed by atoms with E-state index < -0.39 is 0 Å². The van der Waals surface area contributed by atoms with Crippen molar-refractivity contribution in [3.8, 4) is 5.75 Å². The molecule has 1 rings (SSSR count). The van der Waals surface area contributed by atoms with Gasteiger partial charge in [0, 0.05) is 11.4 Å². The minimum Gasteiger partial charge on any atom is -0.496 e. The first-order valence-electron chi connectivity index (χ1n) is 4.03. The van der Waals surface area contributed by atoms with Crippen molar-refractivity contribution in [1.82, 2.24) is 5.32 Å². The number of methoxy groups -OCH3 is 1. The third-order valence-electron chi connectivity index (χ3n) is 1.53. The van der Waals surface area contributed by atoms with E-state index in [1.807, 2.05) is 0 Å². The van der Waals surface area contributed by atoms with Gasteiger partial charge in [0.15, 0.2) is 0 Å². The van der Waals surface area contributed by atoms with Crippen molar-refractivity contribution in [2.24, 2.45) is 0 Å². The molecule has 0 aliphatic carbocycles. The second-order valence-corrected chi connectivity index (χ2v) is 3.65. The molecule has 14 heavy (non-hydrogen) atoms. The molecule has 1 amide bonds. The second kappa shape index (κ2) is 4.76. The number of nitrogens with one attached hydrogen (secondary N) is 1. The Kier molecular flexibility index (Phi) is 3.64. The number of hydrogen-bond donors (Lipinski definition) is 1. The van der Waals surface area contributed by atoms with Crippen LogP contribution in [0.5, 0.6) is 5.75 Å². The van der Waals surface area contributed by atoms with Crippen LogP contribution in [0.4, 0.5) is 0 Å². The predicted octanol–water partition coefficient (Wildman–Crippen LogP) is 1.08. The predicted molar refractivity (Wildman–Crippen MR) is 53.9 cm³/mol. The van der Waals surface area contributed by atoms with Gasteiger partial charge in [0.25, 0.3) is 5.91 Å².